The molecular formula is C16H23NO2. The van der Waals surface area contributed by atoms with Crippen molar-refractivity contribution >= 4 is 5.78 Å². The molecule has 1 N–H and O–H groups in total. The molecule has 1 fully saturated rings. The summed E-state index contributed by atoms with van der Waals surface area (Å²) in [7, 11) is 1.98. The Kier molecular flexibility index (Phi) is 4.38. The highest BCUT2D eigenvalue weighted by atomic mass is 16.3. The maximum atomic E-state index is 12.2. The second-order valence-corrected chi connectivity index (χ2v) is 5.93. The predicted octanol–water partition coefficient (Wildman–Crippen LogP) is 2.19. The quantitative estimate of drug-likeness (QED) is 0.826. The Morgan fingerprint density at radius 1 is 1.37 bits per heavy atom. The number of likely N-dealkylation sites (N-methyl/N-ethyl adjacent to an activating group) is 1. The van der Waals surface area contributed by atoms with E-state index in [-0.39, 0.29) is 11.9 Å². The zero-order valence-electron chi connectivity index (χ0n) is 12.0. The van der Waals surface area contributed by atoms with Crippen molar-refractivity contribution < 1.29 is 9.90 Å². The summed E-state index contributed by atoms with van der Waals surface area (Å²) in [6.07, 6.45) is 1.64. The number of Topliss-reactive ketones (excluding diaryl/α,β-unsaturated/α-hetero) is 1. The molecular weight excluding hydrogens is 238 g/mol. The van der Waals surface area contributed by atoms with Crippen molar-refractivity contribution in [2.75, 3.05) is 20.1 Å². The Bertz CT molecular complexity index is 464. The van der Waals surface area contributed by atoms with Gasteiger partial charge in [-0.05, 0) is 45.2 Å². The van der Waals surface area contributed by atoms with Gasteiger partial charge in [0.05, 0.1) is 12.6 Å². The van der Waals surface area contributed by atoms with Crippen LogP contribution in [0, 0.1) is 19.8 Å². The zero-order valence-corrected chi connectivity index (χ0v) is 12.0. The minimum absolute atomic E-state index is 0.117. The average molecular weight is 261 g/mol. The third-order valence-electron chi connectivity index (χ3n) is 3.88. The van der Waals surface area contributed by atoms with E-state index in [1.165, 1.54) is 5.56 Å². The molecule has 0 saturated heterocycles. The van der Waals surface area contributed by atoms with Gasteiger partial charge >= 0.3 is 0 Å². The Balaban J connectivity index is 1.89. The van der Waals surface area contributed by atoms with Crippen LogP contribution < -0.4 is 0 Å². The van der Waals surface area contributed by atoms with Crippen molar-refractivity contribution in [3.8, 4) is 0 Å². The lowest BCUT2D eigenvalue weighted by atomic mass is 9.82. The van der Waals surface area contributed by atoms with E-state index < -0.39 is 0 Å². The van der Waals surface area contributed by atoms with Crippen molar-refractivity contribution in [1.82, 2.24) is 4.90 Å². The standard InChI is InChI=1S/C16H23NO2/c1-11-4-5-15(12(2)6-11)16(19)10-17(3)9-13-7-14(18)8-13/h4-6,13-14,18H,7-10H2,1-3H3. The normalized spacial score (nSPS) is 22.4. The van der Waals surface area contributed by atoms with Crippen LogP contribution in [0.5, 0.6) is 0 Å². The molecule has 1 saturated carbocycles. The number of carbonyl (C=O) groups excluding carboxylic acids is 1. The van der Waals surface area contributed by atoms with Crippen molar-refractivity contribution in [1.29, 1.82) is 0 Å². The Morgan fingerprint density at radius 3 is 2.63 bits per heavy atom. The number of hydrogen-bond acceptors (Lipinski definition) is 3. The fraction of sp³-hybridized carbons (Fsp3) is 0.562. The summed E-state index contributed by atoms with van der Waals surface area (Å²) >= 11 is 0. The fourth-order valence-electron chi connectivity index (χ4n) is 2.81. The predicted molar refractivity (Wildman–Crippen MR) is 76.5 cm³/mol. The number of aryl methyl sites for hydroxylation is 2. The molecule has 0 unspecified atom stereocenters. The van der Waals surface area contributed by atoms with Gasteiger partial charge in [-0.15, -0.1) is 0 Å². The van der Waals surface area contributed by atoms with E-state index in [1.54, 1.807) is 0 Å². The topological polar surface area (TPSA) is 40.5 Å². The van der Waals surface area contributed by atoms with Gasteiger partial charge in [0.15, 0.2) is 5.78 Å². The molecule has 0 spiro atoms. The summed E-state index contributed by atoms with van der Waals surface area (Å²) in [6.45, 7) is 5.38. The number of benzene rings is 1. The van der Waals surface area contributed by atoms with E-state index >= 15 is 0 Å². The van der Waals surface area contributed by atoms with E-state index in [0.29, 0.717) is 12.5 Å². The number of hydrogen-bond donors (Lipinski definition) is 1. The molecule has 3 nitrogen and oxygen atoms in total. The molecule has 0 aromatic heterocycles. The molecule has 1 aliphatic carbocycles. The maximum Gasteiger partial charge on any atom is 0.177 e. The summed E-state index contributed by atoms with van der Waals surface area (Å²) < 4.78 is 0. The first-order valence-corrected chi connectivity index (χ1v) is 6.92. The number of aliphatic hydroxyl groups excluding tert-OH is 1. The lowest BCUT2D eigenvalue weighted by Gasteiger charge is -2.34. The van der Waals surface area contributed by atoms with Crippen LogP contribution in [0.1, 0.15) is 34.3 Å². The number of nitrogens with zero attached hydrogens (tertiary/aromatic N) is 1. The van der Waals surface area contributed by atoms with Crippen molar-refractivity contribution in [3.05, 3.63) is 34.9 Å². The molecule has 0 aliphatic heterocycles. The summed E-state index contributed by atoms with van der Waals surface area (Å²) in [6, 6.07) is 5.96. The molecule has 104 valence electrons. The van der Waals surface area contributed by atoms with Gasteiger partial charge in [-0.3, -0.25) is 9.69 Å². The molecule has 0 amide bonds. The van der Waals surface area contributed by atoms with Gasteiger partial charge in [-0.2, -0.15) is 0 Å². The first-order valence-electron chi connectivity index (χ1n) is 6.92. The lowest BCUT2D eigenvalue weighted by molar-refractivity contribution is 0.0286. The summed E-state index contributed by atoms with van der Waals surface area (Å²) in [5, 5.41) is 9.27. The highest BCUT2D eigenvalue weighted by Gasteiger charge is 2.28. The Labute approximate surface area is 115 Å². The SMILES string of the molecule is Cc1ccc(C(=O)CN(C)CC2CC(O)C2)c(C)c1. The second-order valence-electron chi connectivity index (χ2n) is 5.93. The molecule has 0 heterocycles. The molecule has 3 heteroatoms. The van der Waals surface area contributed by atoms with Crippen molar-refractivity contribution in [2.45, 2.75) is 32.8 Å². The van der Waals surface area contributed by atoms with E-state index in [9.17, 15) is 9.90 Å². The molecule has 1 aliphatic rings. The van der Waals surface area contributed by atoms with Crippen LogP contribution in [0.25, 0.3) is 0 Å². The third kappa shape index (κ3) is 3.64. The van der Waals surface area contributed by atoms with Crippen LogP contribution >= 0.6 is 0 Å². The monoisotopic (exact) mass is 261 g/mol. The number of ketones is 1. The van der Waals surface area contributed by atoms with Crippen LogP contribution in [0.15, 0.2) is 18.2 Å². The van der Waals surface area contributed by atoms with E-state index in [1.807, 2.05) is 33.0 Å². The highest BCUT2D eigenvalue weighted by molar-refractivity contribution is 5.98. The van der Waals surface area contributed by atoms with Crippen LogP contribution in [-0.2, 0) is 0 Å². The zero-order chi connectivity index (χ0) is 14.0. The van der Waals surface area contributed by atoms with Crippen LogP contribution in [0.2, 0.25) is 0 Å². The first-order chi connectivity index (χ1) is 8.95. The molecule has 1 aromatic carbocycles. The summed E-state index contributed by atoms with van der Waals surface area (Å²) in [4.78, 5) is 14.3. The fourth-order valence-corrected chi connectivity index (χ4v) is 2.81. The van der Waals surface area contributed by atoms with Gasteiger partial charge < -0.3 is 5.11 Å². The summed E-state index contributed by atoms with van der Waals surface area (Å²) in [5.41, 5.74) is 3.06. The van der Waals surface area contributed by atoms with Gasteiger partial charge in [0, 0.05) is 12.1 Å². The largest absolute Gasteiger partial charge is 0.393 e. The van der Waals surface area contributed by atoms with Gasteiger partial charge in [0.25, 0.3) is 0 Å². The Morgan fingerprint density at radius 2 is 2.05 bits per heavy atom. The van der Waals surface area contributed by atoms with Crippen molar-refractivity contribution in [3.63, 3.8) is 0 Å². The van der Waals surface area contributed by atoms with E-state index in [2.05, 4.69) is 11.0 Å². The number of carbonyl (C=O) groups is 1. The van der Waals surface area contributed by atoms with E-state index in [4.69, 9.17) is 0 Å². The van der Waals surface area contributed by atoms with E-state index in [0.717, 1.165) is 30.5 Å². The lowest BCUT2D eigenvalue weighted by Crippen LogP contribution is -2.38. The number of aliphatic hydroxyl groups is 1. The minimum atomic E-state index is -0.117. The van der Waals surface area contributed by atoms with Gasteiger partial charge in [0.1, 0.15) is 0 Å². The van der Waals surface area contributed by atoms with Gasteiger partial charge in [-0.25, -0.2) is 0 Å². The molecule has 0 atom stereocenters. The molecule has 0 radical (unpaired) electrons. The van der Waals surface area contributed by atoms with Crippen LogP contribution in [0.4, 0.5) is 0 Å². The first kappa shape index (κ1) is 14.2. The second kappa shape index (κ2) is 5.85. The molecule has 1 aromatic rings. The third-order valence-corrected chi connectivity index (χ3v) is 3.88. The minimum Gasteiger partial charge on any atom is -0.393 e. The molecule has 2 rings (SSSR count). The van der Waals surface area contributed by atoms with Gasteiger partial charge in [-0.1, -0.05) is 23.8 Å². The summed E-state index contributed by atoms with van der Waals surface area (Å²) in [5.74, 6) is 0.729. The smallest absolute Gasteiger partial charge is 0.177 e. The average Bonchev–Trinajstić information content (AvgIpc) is 2.26. The van der Waals surface area contributed by atoms with Crippen LogP contribution in [-0.4, -0.2) is 42.0 Å². The van der Waals surface area contributed by atoms with Crippen LogP contribution in [0.3, 0.4) is 0 Å². The van der Waals surface area contributed by atoms with Crippen molar-refractivity contribution in [2.24, 2.45) is 5.92 Å². The molecule has 0 bridgehead atoms. The molecule has 19 heavy (non-hydrogen) atoms. The van der Waals surface area contributed by atoms with Gasteiger partial charge in [0.2, 0.25) is 0 Å². The highest BCUT2D eigenvalue weighted by Crippen LogP contribution is 2.27. The number of rotatable bonds is 5. The maximum absolute atomic E-state index is 12.2. The Hall–Kier alpha value is -1.19.